The number of carboxylic acid groups (broad SMARTS) is 1. The fourth-order valence-electron chi connectivity index (χ4n) is 4.19. The van der Waals surface area contributed by atoms with Crippen molar-refractivity contribution in [1.82, 2.24) is 0 Å². The molecular formula is C28H30ClN3O3. The summed E-state index contributed by atoms with van der Waals surface area (Å²) in [4.78, 5) is 28.4. The van der Waals surface area contributed by atoms with Crippen LogP contribution in [0.25, 0.3) is 0 Å². The summed E-state index contributed by atoms with van der Waals surface area (Å²) < 4.78 is 0. The fraction of sp³-hybridized carbons (Fsp3) is 0.286. The van der Waals surface area contributed by atoms with E-state index in [2.05, 4.69) is 42.0 Å². The number of amides is 1. The normalized spacial score (nSPS) is 14.1. The van der Waals surface area contributed by atoms with Gasteiger partial charge in [0.2, 0.25) is 0 Å². The highest BCUT2D eigenvalue weighted by molar-refractivity contribution is 6.33. The number of anilines is 3. The Hall–Kier alpha value is -3.51. The number of piperazine rings is 1. The van der Waals surface area contributed by atoms with Crippen LogP contribution >= 0.6 is 11.6 Å². The van der Waals surface area contributed by atoms with Crippen LogP contribution in [-0.4, -0.2) is 43.2 Å². The van der Waals surface area contributed by atoms with E-state index in [0.717, 1.165) is 48.8 Å². The second kappa shape index (κ2) is 10.0. The number of rotatable bonds is 5. The molecule has 2 N–H and O–H groups in total. The number of carbonyl (C=O) groups is 2. The number of hydrogen-bond donors (Lipinski definition) is 2. The highest BCUT2D eigenvalue weighted by Gasteiger charge is 2.21. The summed E-state index contributed by atoms with van der Waals surface area (Å²) in [6.45, 7) is 9.53. The minimum atomic E-state index is -0.924. The Morgan fingerprint density at radius 2 is 1.49 bits per heavy atom. The monoisotopic (exact) mass is 491 g/mol. The molecule has 0 atom stereocenters. The molecule has 0 unspecified atom stereocenters. The molecule has 182 valence electrons. The summed E-state index contributed by atoms with van der Waals surface area (Å²) in [7, 11) is 0. The molecule has 3 aromatic carbocycles. The van der Waals surface area contributed by atoms with E-state index < -0.39 is 5.97 Å². The van der Waals surface area contributed by atoms with Crippen LogP contribution in [0.3, 0.4) is 0 Å². The van der Waals surface area contributed by atoms with Crippen molar-refractivity contribution in [3.8, 4) is 0 Å². The van der Waals surface area contributed by atoms with E-state index in [-0.39, 0.29) is 16.9 Å². The van der Waals surface area contributed by atoms with Crippen molar-refractivity contribution in [3.05, 3.63) is 88.4 Å². The average molecular weight is 492 g/mol. The number of carboxylic acids is 1. The molecule has 0 aliphatic carbocycles. The first-order valence-corrected chi connectivity index (χ1v) is 12.0. The maximum Gasteiger partial charge on any atom is 0.335 e. The van der Waals surface area contributed by atoms with Crippen LogP contribution in [0, 0.1) is 0 Å². The minimum Gasteiger partial charge on any atom is -0.478 e. The Bertz CT molecular complexity index is 1230. The topological polar surface area (TPSA) is 72.9 Å². The van der Waals surface area contributed by atoms with Gasteiger partial charge in [-0.2, -0.15) is 0 Å². The van der Waals surface area contributed by atoms with E-state index in [0.29, 0.717) is 10.6 Å². The van der Waals surface area contributed by atoms with Crippen molar-refractivity contribution < 1.29 is 14.7 Å². The fourth-order valence-corrected chi connectivity index (χ4v) is 4.49. The lowest BCUT2D eigenvalue weighted by molar-refractivity contribution is 0.0696. The predicted molar refractivity (Wildman–Crippen MR) is 142 cm³/mol. The molecule has 1 aliphatic heterocycles. The lowest BCUT2D eigenvalue weighted by atomic mass is 9.87. The highest BCUT2D eigenvalue weighted by Crippen LogP contribution is 2.30. The molecule has 1 aliphatic rings. The molecule has 1 amide bonds. The van der Waals surface area contributed by atoms with E-state index in [4.69, 9.17) is 16.7 Å². The van der Waals surface area contributed by atoms with Gasteiger partial charge in [0.1, 0.15) is 0 Å². The van der Waals surface area contributed by atoms with Crippen molar-refractivity contribution >= 4 is 40.5 Å². The third-order valence-corrected chi connectivity index (χ3v) is 6.60. The molecule has 0 spiro atoms. The lowest BCUT2D eigenvalue weighted by Crippen LogP contribution is -2.46. The largest absolute Gasteiger partial charge is 0.478 e. The van der Waals surface area contributed by atoms with Crippen molar-refractivity contribution in [2.45, 2.75) is 26.2 Å². The summed E-state index contributed by atoms with van der Waals surface area (Å²) in [6, 6.07) is 20.3. The van der Waals surface area contributed by atoms with E-state index in [1.807, 2.05) is 36.4 Å². The second-order valence-electron chi connectivity index (χ2n) is 9.78. The molecule has 1 heterocycles. The third-order valence-electron chi connectivity index (χ3n) is 6.30. The minimum absolute atomic E-state index is 0.00234. The van der Waals surface area contributed by atoms with Crippen LogP contribution in [-0.2, 0) is 5.41 Å². The van der Waals surface area contributed by atoms with Crippen LogP contribution in [0.5, 0.6) is 0 Å². The maximum atomic E-state index is 12.9. The quantitative estimate of drug-likeness (QED) is 0.464. The van der Waals surface area contributed by atoms with Crippen LogP contribution in [0.2, 0.25) is 5.02 Å². The number of carbonyl (C=O) groups excluding carboxylic acids is 1. The highest BCUT2D eigenvalue weighted by atomic mass is 35.5. The summed E-state index contributed by atoms with van der Waals surface area (Å²) >= 11 is 6.60. The van der Waals surface area contributed by atoms with Crippen LogP contribution in [0.1, 0.15) is 47.1 Å². The van der Waals surface area contributed by atoms with Gasteiger partial charge in [-0.15, -0.1) is 0 Å². The summed E-state index contributed by atoms with van der Waals surface area (Å²) in [5, 5.41) is 12.6. The zero-order valence-electron chi connectivity index (χ0n) is 20.2. The molecule has 0 saturated carbocycles. The molecule has 0 radical (unpaired) electrons. The van der Waals surface area contributed by atoms with Gasteiger partial charge < -0.3 is 20.2 Å². The molecule has 4 rings (SSSR count). The molecule has 0 aromatic heterocycles. The van der Waals surface area contributed by atoms with E-state index >= 15 is 0 Å². The van der Waals surface area contributed by atoms with Crippen LogP contribution in [0.15, 0.2) is 66.7 Å². The molecule has 35 heavy (non-hydrogen) atoms. The van der Waals surface area contributed by atoms with E-state index in [1.165, 1.54) is 0 Å². The van der Waals surface area contributed by atoms with Crippen LogP contribution in [0.4, 0.5) is 17.1 Å². The van der Waals surface area contributed by atoms with Gasteiger partial charge in [0, 0.05) is 43.1 Å². The molecule has 1 saturated heterocycles. The number of halogens is 1. The number of nitrogens with zero attached hydrogens (tertiary/aromatic N) is 2. The SMILES string of the molecule is CC(C)(C)c1cccc(NC(=O)c2ccc(N3CCN(c4ccc(C(=O)O)cc4)CC3)c(Cl)c2)c1. The summed E-state index contributed by atoms with van der Waals surface area (Å²) in [5.74, 6) is -1.12. The standard InChI is InChI=1S/C28H30ClN3O3/c1-28(2,3)21-5-4-6-22(18-21)30-26(33)20-9-12-25(24(29)17-20)32-15-13-31(14-16-32)23-10-7-19(8-11-23)27(34)35/h4-12,17-18H,13-16H2,1-3H3,(H,30,33)(H,34,35). The van der Waals surface area contributed by atoms with Crippen molar-refractivity contribution in [3.63, 3.8) is 0 Å². The Kier molecular flexibility index (Phi) is 7.03. The van der Waals surface area contributed by atoms with Gasteiger partial charge in [-0.05, 0) is 65.6 Å². The number of aromatic carboxylic acids is 1. The summed E-state index contributed by atoms with van der Waals surface area (Å²) in [6.07, 6.45) is 0. The molecule has 1 fully saturated rings. The van der Waals surface area contributed by atoms with Gasteiger partial charge in [-0.1, -0.05) is 44.5 Å². The average Bonchev–Trinajstić information content (AvgIpc) is 2.84. The van der Waals surface area contributed by atoms with Crippen molar-refractivity contribution in [1.29, 1.82) is 0 Å². The smallest absolute Gasteiger partial charge is 0.335 e. The lowest BCUT2D eigenvalue weighted by Gasteiger charge is -2.37. The molecule has 7 heteroatoms. The van der Waals surface area contributed by atoms with Gasteiger partial charge >= 0.3 is 5.97 Å². The zero-order valence-corrected chi connectivity index (χ0v) is 21.0. The first-order chi connectivity index (χ1) is 16.6. The van der Waals surface area contributed by atoms with Gasteiger partial charge in [0.25, 0.3) is 5.91 Å². The number of nitrogens with one attached hydrogen (secondary N) is 1. The third kappa shape index (κ3) is 5.77. The van der Waals surface area contributed by atoms with Gasteiger partial charge in [0.15, 0.2) is 0 Å². The van der Waals surface area contributed by atoms with Crippen molar-refractivity contribution in [2.24, 2.45) is 0 Å². The first-order valence-electron chi connectivity index (χ1n) is 11.7. The van der Waals surface area contributed by atoms with Crippen molar-refractivity contribution in [2.75, 3.05) is 41.3 Å². The number of benzene rings is 3. The Morgan fingerprint density at radius 1 is 0.857 bits per heavy atom. The van der Waals surface area contributed by atoms with E-state index in [1.54, 1.807) is 24.3 Å². The van der Waals surface area contributed by atoms with Gasteiger partial charge in [-0.3, -0.25) is 4.79 Å². The maximum absolute atomic E-state index is 12.9. The molecule has 0 bridgehead atoms. The second-order valence-corrected chi connectivity index (χ2v) is 10.2. The first kappa shape index (κ1) is 24.6. The number of hydrogen-bond acceptors (Lipinski definition) is 4. The van der Waals surface area contributed by atoms with Crippen LogP contribution < -0.4 is 15.1 Å². The van der Waals surface area contributed by atoms with Gasteiger partial charge in [-0.25, -0.2) is 4.79 Å². The Balaban J connectivity index is 1.39. The van der Waals surface area contributed by atoms with E-state index in [9.17, 15) is 9.59 Å². The zero-order chi connectivity index (χ0) is 25.2. The van der Waals surface area contributed by atoms with Gasteiger partial charge in [0.05, 0.1) is 16.3 Å². The molecule has 3 aromatic rings. The summed E-state index contributed by atoms with van der Waals surface area (Å²) in [5.41, 5.74) is 4.61. The molecule has 6 nitrogen and oxygen atoms in total. The predicted octanol–water partition coefficient (Wildman–Crippen LogP) is 5.91. The Labute approximate surface area is 211 Å². The molecular weight excluding hydrogens is 462 g/mol. The Morgan fingerprint density at radius 3 is 2.09 bits per heavy atom.